The third-order valence-corrected chi connectivity index (χ3v) is 5.41. The van der Waals surface area contributed by atoms with Crippen LogP contribution in [0, 0.1) is 5.82 Å². The first-order valence-corrected chi connectivity index (χ1v) is 8.64. The molecule has 21 heavy (non-hydrogen) atoms. The van der Waals surface area contributed by atoms with Gasteiger partial charge in [0.2, 0.25) is 0 Å². The summed E-state index contributed by atoms with van der Waals surface area (Å²) in [6, 6.07) is 4.92. The summed E-state index contributed by atoms with van der Waals surface area (Å²) in [6.45, 7) is 2.58. The van der Waals surface area contributed by atoms with Crippen LogP contribution in [-0.4, -0.2) is 24.1 Å². The van der Waals surface area contributed by atoms with Gasteiger partial charge in [0.1, 0.15) is 5.82 Å². The lowest BCUT2D eigenvalue weighted by Crippen LogP contribution is -2.32. The molecule has 0 aliphatic carbocycles. The first kappa shape index (κ1) is 15.2. The minimum absolute atomic E-state index is 0.301. The zero-order valence-electron chi connectivity index (χ0n) is 11.2. The maximum absolute atomic E-state index is 13.0. The lowest BCUT2D eigenvalue weighted by Gasteiger charge is -2.16. The van der Waals surface area contributed by atoms with E-state index in [1.165, 1.54) is 12.1 Å². The van der Waals surface area contributed by atoms with Crippen molar-refractivity contribution in [3.63, 3.8) is 0 Å². The number of benzene rings is 1. The van der Waals surface area contributed by atoms with E-state index >= 15 is 0 Å². The van der Waals surface area contributed by atoms with Gasteiger partial charge in [-0.25, -0.2) is 9.37 Å². The molecule has 2 aromatic rings. The number of thiazole rings is 1. The van der Waals surface area contributed by atoms with Crippen LogP contribution in [0.25, 0.3) is 0 Å². The summed E-state index contributed by atoms with van der Waals surface area (Å²) in [7, 11) is 0. The standard InChI is InChI=1S/C14H14BrClFN3S/c15-13-7-19-14(21-13)20-4-3-11(8-20)18-6-9-1-2-10(17)5-12(9)16/h1-2,5,7,11,18H,3-4,6,8H2. The largest absolute Gasteiger partial charge is 0.346 e. The third-order valence-electron chi connectivity index (χ3n) is 3.52. The molecule has 1 aromatic carbocycles. The van der Waals surface area contributed by atoms with Crippen LogP contribution in [0.2, 0.25) is 5.02 Å². The fourth-order valence-electron chi connectivity index (χ4n) is 2.41. The summed E-state index contributed by atoms with van der Waals surface area (Å²) in [6.07, 6.45) is 2.90. The summed E-state index contributed by atoms with van der Waals surface area (Å²) in [4.78, 5) is 6.66. The summed E-state index contributed by atoms with van der Waals surface area (Å²) >= 11 is 11.1. The van der Waals surface area contributed by atoms with Gasteiger partial charge < -0.3 is 10.2 Å². The van der Waals surface area contributed by atoms with Gasteiger partial charge in [-0.1, -0.05) is 29.0 Å². The second kappa shape index (κ2) is 6.60. The summed E-state index contributed by atoms with van der Waals surface area (Å²) in [5.41, 5.74) is 0.925. The van der Waals surface area contributed by atoms with Gasteiger partial charge in [-0.15, -0.1) is 0 Å². The minimum Gasteiger partial charge on any atom is -0.346 e. The molecule has 0 bridgehead atoms. The molecule has 0 spiro atoms. The first-order valence-electron chi connectivity index (χ1n) is 6.65. The normalized spacial score (nSPS) is 18.4. The highest BCUT2D eigenvalue weighted by atomic mass is 79.9. The Balaban J connectivity index is 1.55. The molecule has 1 unspecified atom stereocenters. The molecule has 0 saturated carbocycles. The van der Waals surface area contributed by atoms with Gasteiger partial charge in [0, 0.05) is 30.7 Å². The zero-order chi connectivity index (χ0) is 14.8. The Morgan fingerprint density at radius 1 is 1.52 bits per heavy atom. The van der Waals surface area contributed by atoms with E-state index in [1.54, 1.807) is 17.4 Å². The van der Waals surface area contributed by atoms with Gasteiger partial charge >= 0.3 is 0 Å². The highest BCUT2D eigenvalue weighted by Gasteiger charge is 2.24. The Labute approximate surface area is 140 Å². The Morgan fingerprint density at radius 2 is 2.38 bits per heavy atom. The van der Waals surface area contributed by atoms with E-state index < -0.39 is 0 Å². The molecule has 2 heterocycles. The van der Waals surface area contributed by atoms with Crippen LogP contribution in [0.1, 0.15) is 12.0 Å². The molecule has 0 radical (unpaired) electrons. The Kier molecular flexibility index (Phi) is 4.78. The molecular formula is C14H14BrClFN3S. The summed E-state index contributed by atoms with van der Waals surface area (Å²) < 4.78 is 14.1. The van der Waals surface area contributed by atoms with E-state index in [0.717, 1.165) is 34.0 Å². The fourth-order valence-corrected chi connectivity index (χ4v) is 3.86. The molecular weight excluding hydrogens is 377 g/mol. The summed E-state index contributed by atoms with van der Waals surface area (Å²) in [5, 5.41) is 5.00. The van der Waals surface area contributed by atoms with E-state index in [9.17, 15) is 4.39 Å². The predicted molar refractivity (Wildman–Crippen MR) is 88.7 cm³/mol. The maximum atomic E-state index is 13.0. The second-order valence-corrected chi connectivity index (χ2v) is 7.79. The van der Waals surface area contributed by atoms with Gasteiger partial charge in [0.05, 0.1) is 9.98 Å². The van der Waals surface area contributed by atoms with Crippen LogP contribution in [0.5, 0.6) is 0 Å². The van der Waals surface area contributed by atoms with Crippen molar-refractivity contribution in [3.05, 3.63) is 44.6 Å². The van der Waals surface area contributed by atoms with Gasteiger partial charge in [-0.3, -0.25) is 0 Å². The highest BCUT2D eigenvalue weighted by molar-refractivity contribution is 9.11. The van der Waals surface area contributed by atoms with Gasteiger partial charge in [-0.05, 0) is 40.0 Å². The van der Waals surface area contributed by atoms with Gasteiger partial charge in [-0.2, -0.15) is 0 Å². The first-order chi connectivity index (χ1) is 10.1. The molecule has 3 rings (SSSR count). The highest BCUT2D eigenvalue weighted by Crippen LogP contribution is 2.29. The number of aromatic nitrogens is 1. The number of rotatable bonds is 4. The van der Waals surface area contributed by atoms with Crippen molar-refractivity contribution in [1.29, 1.82) is 0 Å². The molecule has 1 N–H and O–H groups in total. The van der Waals surface area contributed by atoms with E-state index in [4.69, 9.17) is 11.6 Å². The number of hydrogen-bond acceptors (Lipinski definition) is 4. The van der Waals surface area contributed by atoms with E-state index in [2.05, 4.69) is 31.1 Å². The lowest BCUT2D eigenvalue weighted by atomic mass is 10.2. The van der Waals surface area contributed by atoms with Crippen LogP contribution in [0.4, 0.5) is 9.52 Å². The SMILES string of the molecule is Fc1ccc(CNC2CCN(c3ncc(Br)s3)C2)c(Cl)c1. The molecule has 112 valence electrons. The average molecular weight is 391 g/mol. The van der Waals surface area contributed by atoms with Crippen molar-refractivity contribution in [2.45, 2.75) is 19.0 Å². The van der Waals surface area contributed by atoms with Crippen molar-refractivity contribution in [3.8, 4) is 0 Å². The molecule has 1 atom stereocenters. The topological polar surface area (TPSA) is 28.2 Å². The molecule has 3 nitrogen and oxygen atoms in total. The molecule has 1 aliphatic heterocycles. The third kappa shape index (κ3) is 3.74. The monoisotopic (exact) mass is 389 g/mol. The van der Waals surface area contributed by atoms with Crippen LogP contribution in [-0.2, 0) is 6.54 Å². The molecule has 1 saturated heterocycles. The Bertz CT molecular complexity index is 636. The van der Waals surface area contributed by atoms with E-state index in [-0.39, 0.29) is 5.82 Å². The lowest BCUT2D eigenvalue weighted by molar-refractivity contribution is 0.550. The number of hydrogen-bond donors (Lipinski definition) is 1. The predicted octanol–water partition coefficient (Wildman–Crippen LogP) is 4.07. The number of anilines is 1. The molecule has 1 fully saturated rings. The zero-order valence-corrected chi connectivity index (χ0v) is 14.3. The van der Waals surface area contributed by atoms with Crippen LogP contribution in [0.15, 0.2) is 28.2 Å². The number of nitrogens with zero attached hydrogens (tertiary/aromatic N) is 2. The second-order valence-electron chi connectivity index (χ2n) is 5.00. The van der Waals surface area contributed by atoms with Crippen LogP contribution in [0.3, 0.4) is 0 Å². The molecule has 0 amide bonds. The van der Waals surface area contributed by atoms with Crippen molar-refractivity contribution < 1.29 is 4.39 Å². The Hall–Kier alpha value is -0.690. The molecule has 1 aromatic heterocycles. The minimum atomic E-state index is -0.301. The van der Waals surface area contributed by atoms with Crippen LogP contribution < -0.4 is 10.2 Å². The number of halogens is 3. The smallest absolute Gasteiger partial charge is 0.186 e. The van der Waals surface area contributed by atoms with Crippen molar-refractivity contribution in [1.82, 2.24) is 10.3 Å². The molecule has 7 heteroatoms. The van der Waals surface area contributed by atoms with E-state index in [0.29, 0.717) is 17.6 Å². The van der Waals surface area contributed by atoms with Gasteiger partial charge in [0.25, 0.3) is 0 Å². The van der Waals surface area contributed by atoms with Crippen molar-refractivity contribution in [2.24, 2.45) is 0 Å². The Morgan fingerprint density at radius 3 is 3.10 bits per heavy atom. The van der Waals surface area contributed by atoms with Crippen LogP contribution >= 0.6 is 38.9 Å². The number of nitrogens with one attached hydrogen (secondary N) is 1. The molecule has 1 aliphatic rings. The maximum Gasteiger partial charge on any atom is 0.186 e. The van der Waals surface area contributed by atoms with Gasteiger partial charge in [0.15, 0.2) is 5.13 Å². The average Bonchev–Trinajstić information content (AvgIpc) is 3.06. The quantitative estimate of drug-likeness (QED) is 0.853. The fraction of sp³-hybridized carbons (Fsp3) is 0.357. The van der Waals surface area contributed by atoms with E-state index in [1.807, 2.05) is 6.20 Å². The van der Waals surface area contributed by atoms with Crippen molar-refractivity contribution in [2.75, 3.05) is 18.0 Å². The van der Waals surface area contributed by atoms with Crippen molar-refractivity contribution >= 4 is 44.0 Å². The summed E-state index contributed by atoms with van der Waals surface area (Å²) in [5.74, 6) is -0.301.